The van der Waals surface area contributed by atoms with Crippen LogP contribution in [0.3, 0.4) is 0 Å². The Balaban J connectivity index is 2.76. The summed E-state index contributed by atoms with van der Waals surface area (Å²) in [5, 5.41) is 0.296. The highest BCUT2D eigenvalue weighted by Crippen LogP contribution is 2.52. The van der Waals surface area contributed by atoms with Crippen molar-refractivity contribution in [3.05, 3.63) is 15.1 Å². The predicted octanol–water partition coefficient (Wildman–Crippen LogP) is 2.63. The van der Waals surface area contributed by atoms with Crippen molar-refractivity contribution in [2.24, 2.45) is 0 Å². The van der Waals surface area contributed by atoms with Crippen LogP contribution in [-0.2, 0) is 14.9 Å². The Morgan fingerprint density at radius 1 is 1.61 bits per heavy atom. The third kappa shape index (κ3) is 1.53. The zero-order valence-corrected chi connectivity index (χ0v) is 12.5. The lowest BCUT2D eigenvalue weighted by Crippen LogP contribution is -2.53. The molecule has 0 fully saturated rings. The summed E-state index contributed by atoms with van der Waals surface area (Å²) in [7, 11) is 1.23. The van der Waals surface area contributed by atoms with Crippen molar-refractivity contribution in [2.75, 3.05) is 12.8 Å². The average molecular weight is 335 g/mol. The number of allylic oxidation sites excluding steroid dienone is 1. The second-order valence-electron chi connectivity index (χ2n) is 4.38. The van der Waals surface area contributed by atoms with E-state index < -0.39 is 17.1 Å². The maximum atomic E-state index is 14.9. The van der Waals surface area contributed by atoms with Gasteiger partial charge in [-0.3, -0.25) is 4.79 Å². The molecular formula is C11H12BrFN2O2S. The smallest absolute Gasteiger partial charge is 0.321 e. The third-order valence-corrected chi connectivity index (χ3v) is 5.19. The second kappa shape index (κ2) is 4.03. The summed E-state index contributed by atoms with van der Waals surface area (Å²) in [5.41, 5.74) is 2.52. The van der Waals surface area contributed by atoms with Gasteiger partial charge >= 0.3 is 5.97 Å². The van der Waals surface area contributed by atoms with Crippen LogP contribution in [0.2, 0.25) is 0 Å². The number of fused-ring (bicyclic) bond motifs is 1. The van der Waals surface area contributed by atoms with Gasteiger partial charge < -0.3 is 10.5 Å². The zero-order valence-electron chi connectivity index (χ0n) is 10.1. The van der Waals surface area contributed by atoms with E-state index in [1.165, 1.54) is 32.3 Å². The van der Waals surface area contributed by atoms with E-state index in [-0.39, 0.29) is 4.48 Å². The number of nitrogen functional groups attached to an aromatic ring is 1. The van der Waals surface area contributed by atoms with Crippen LogP contribution in [0.15, 0.2) is 4.48 Å². The fraction of sp³-hybridized carbons (Fsp3) is 0.455. The number of aromatic nitrogens is 1. The zero-order chi connectivity index (χ0) is 13.7. The highest BCUT2D eigenvalue weighted by molar-refractivity contribution is 9.11. The van der Waals surface area contributed by atoms with Crippen LogP contribution >= 0.6 is 27.3 Å². The quantitative estimate of drug-likeness (QED) is 0.802. The van der Waals surface area contributed by atoms with Crippen molar-refractivity contribution in [3.8, 4) is 0 Å². The fourth-order valence-corrected chi connectivity index (χ4v) is 3.67. The van der Waals surface area contributed by atoms with Gasteiger partial charge in [-0.2, -0.15) is 0 Å². The molecule has 0 radical (unpaired) electrons. The standard InChI is InChI=1S/C11H12BrFN2O2S/c1-10(8(16)17-3)7-5(18-9(14)15-7)4-6(12)11(10,2)13/h4H,1-3H3,(H2,14,15). The molecule has 0 aliphatic heterocycles. The van der Waals surface area contributed by atoms with E-state index in [4.69, 9.17) is 10.5 Å². The molecule has 1 aliphatic rings. The van der Waals surface area contributed by atoms with Crippen molar-refractivity contribution in [2.45, 2.75) is 24.9 Å². The lowest BCUT2D eigenvalue weighted by atomic mass is 9.70. The molecular weight excluding hydrogens is 323 g/mol. The molecule has 1 aliphatic carbocycles. The maximum Gasteiger partial charge on any atom is 0.321 e. The second-order valence-corrected chi connectivity index (χ2v) is 6.29. The van der Waals surface area contributed by atoms with Crippen LogP contribution in [0.25, 0.3) is 6.08 Å². The molecule has 0 saturated carbocycles. The SMILES string of the molecule is COC(=O)C1(C)c2nc(N)sc2C=C(Br)C1(C)F. The summed E-state index contributed by atoms with van der Waals surface area (Å²) in [6.45, 7) is 2.80. The van der Waals surface area contributed by atoms with Crippen molar-refractivity contribution >= 4 is 44.4 Å². The lowest BCUT2D eigenvalue weighted by molar-refractivity contribution is -0.152. The molecule has 2 N–H and O–H groups in total. The van der Waals surface area contributed by atoms with Gasteiger partial charge in [0.15, 0.2) is 10.8 Å². The first-order valence-corrected chi connectivity index (χ1v) is 6.78. The van der Waals surface area contributed by atoms with Gasteiger partial charge in [0.2, 0.25) is 0 Å². The molecule has 1 aromatic rings. The van der Waals surface area contributed by atoms with E-state index in [1.54, 1.807) is 6.08 Å². The minimum atomic E-state index is -1.94. The third-order valence-electron chi connectivity index (χ3n) is 3.38. The highest BCUT2D eigenvalue weighted by Gasteiger charge is 2.59. The first kappa shape index (κ1) is 13.5. The summed E-state index contributed by atoms with van der Waals surface area (Å²) in [5.74, 6) is -0.677. The number of rotatable bonds is 1. The van der Waals surface area contributed by atoms with Crippen LogP contribution in [0, 0.1) is 0 Å². The Morgan fingerprint density at radius 3 is 2.78 bits per heavy atom. The molecule has 2 rings (SSSR count). The number of alkyl halides is 1. The molecule has 7 heteroatoms. The van der Waals surface area contributed by atoms with Crippen LogP contribution < -0.4 is 5.73 Å². The Kier molecular flexibility index (Phi) is 3.02. The number of hydrogen-bond donors (Lipinski definition) is 1. The Hall–Kier alpha value is -0.950. The average Bonchev–Trinajstić information content (AvgIpc) is 2.66. The first-order valence-electron chi connectivity index (χ1n) is 5.17. The highest BCUT2D eigenvalue weighted by atomic mass is 79.9. The largest absolute Gasteiger partial charge is 0.468 e. The molecule has 1 aromatic heterocycles. The van der Waals surface area contributed by atoms with Gasteiger partial charge in [-0.15, -0.1) is 0 Å². The minimum Gasteiger partial charge on any atom is -0.468 e. The number of anilines is 1. The van der Waals surface area contributed by atoms with E-state index in [0.29, 0.717) is 15.7 Å². The molecule has 18 heavy (non-hydrogen) atoms. The Morgan fingerprint density at radius 2 is 2.22 bits per heavy atom. The van der Waals surface area contributed by atoms with E-state index in [0.717, 1.165) is 0 Å². The van der Waals surface area contributed by atoms with Crippen LogP contribution in [0.1, 0.15) is 24.4 Å². The van der Waals surface area contributed by atoms with Crippen molar-refractivity contribution in [3.63, 3.8) is 0 Å². The van der Waals surface area contributed by atoms with Gasteiger partial charge in [0.05, 0.1) is 17.7 Å². The van der Waals surface area contributed by atoms with Crippen molar-refractivity contribution in [1.29, 1.82) is 0 Å². The van der Waals surface area contributed by atoms with Crippen LogP contribution in [0.4, 0.5) is 9.52 Å². The maximum absolute atomic E-state index is 14.9. The Labute approximate surface area is 116 Å². The number of esters is 1. The van der Waals surface area contributed by atoms with Gasteiger partial charge in [0.25, 0.3) is 0 Å². The minimum absolute atomic E-state index is 0.277. The molecule has 0 amide bonds. The molecule has 2 unspecified atom stereocenters. The number of thiazole rings is 1. The monoisotopic (exact) mass is 334 g/mol. The number of carbonyl (C=O) groups is 1. The summed E-state index contributed by atoms with van der Waals surface area (Å²) in [4.78, 5) is 16.8. The lowest BCUT2D eigenvalue weighted by Gasteiger charge is -2.39. The number of hydrogen-bond acceptors (Lipinski definition) is 5. The normalized spacial score (nSPS) is 30.6. The van der Waals surface area contributed by atoms with Crippen LogP contribution in [0.5, 0.6) is 0 Å². The fourth-order valence-electron chi connectivity index (χ4n) is 2.01. The number of nitrogens with zero attached hydrogens (tertiary/aromatic N) is 1. The number of methoxy groups -OCH3 is 1. The summed E-state index contributed by atoms with van der Waals surface area (Å²) in [6.07, 6.45) is 1.61. The van der Waals surface area contributed by atoms with Gasteiger partial charge in [-0.05, 0) is 19.9 Å². The molecule has 0 aromatic carbocycles. The van der Waals surface area contributed by atoms with E-state index in [1.807, 2.05) is 0 Å². The molecule has 98 valence electrons. The molecule has 0 spiro atoms. The molecule has 2 atom stereocenters. The summed E-state index contributed by atoms with van der Waals surface area (Å²) < 4.78 is 20.0. The number of nitrogens with two attached hydrogens (primary N) is 1. The number of carbonyl (C=O) groups excluding carboxylic acids is 1. The van der Waals surface area contributed by atoms with Gasteiger partial charge in [0, 0.05) is 4.48 Å². The molecule has 0 bridgehead atoms. The van der Waals surface area contributed by atoms with Crippen molar-refractivity contribution in [1.82, 2.24) is 4.98 Å². The van der Waals surface area contributed by atoms with E-state index >= 15 is 0 Å². The van der Waals surface area contributed by atoms with Gasteiger partial charge in [-0.25, -0.2) is 9.37 Å². The van der Waals surface area contributed by atoms with Gasteiger partial charge in [-0.1, -0.05) is 27.3 Å². The summed E-state index contributed by atoms with van der Waals surface area (Å²) >= 11 is 4.39. The number of ether oxygens (including phenoxy) is 1. The number of halogens is 2. The topological polar surface area (TPSA) is 65.2 Å². The first-order chi connectivity index (χ1) is 8.25. The van der Waals surface area contributed by atoms with Crippen molar-refractivity contribution < 1.29 is 13.9 Å². The van der Waals surface area contributed by atoms with Gasteiger partial charge in [0.1, 0.15) is 5.41 Å². The van der Waals surface area contributed by atoms with E-state index in [2.05, 4.69) is 20.9 Å². The molecule has 1 heterocycles. The van der Waals surface area contributed by atoms with E-state index in [9.17, 15) is 9.18 Å². The predicted molar refractivity (Wildman–Crippen MR) is 72.3 cm³/mol. The molecule has 0 saturated heterocycles. The Bertz CT molecular complexity index is 555. The summed E-state index contributed by atoms with van der Waals surface area (Å²) in [6, 6.07) is 0. The molecule has 4 nitrogen and oxygen atoms in total. The van der Waals surface area contributed by atoms with Crippen LogP contribution in [-0.4, -0.2) is 23.7 Å².